The lowest BCUT2D eigenvalue weighted by Gasteiger charge is -2.23. The molecule has 0 aliphatic heterocycles. The van der Waals surface area contributed by atoms with Gasteiger partial charge in [-0.3, -0.25) is 4.79 Å². The average molecular weight is 216 g/mol. The summed E-state index contributed by atoms with van der Waals surface area (Å²) in [6, 6.07) is 8.16. The summed E-state index contributed by atoms with van der Waals surface area (Å²) in [7, 11) is 0. The minimum absolute atomic E-state index is 0.238. The van der Waals surface area contributed by atoms with E-state index in [1.165, 1.54) is 11.1 Å². The van der Waals surface area contributed by atoms with Gasteiger partial charge in [-0.05, 0) is 31.4 Å². The molecule has 16 heavy (non-hydrogen) atoms. The van der Waals surface area contributed by atoms with Crippen LogP contribution in [0.4, 0.5) is 0 Å². The predicted octanol–water partition coefficient (Wildman–Crippen LogP) is 3.30. The monoisotopic (exact) mass is 216 g/mol. The molecular formula is C14H16O2. The third kappa shape index (κ3) is 1.87. The van der Waals surface area contributed by atoms with Crippen LogP contribution in [0.2, 0.25) is 0 Å². The van der Waals surface area contributed by atoms with Crippen molar-refractivity contribution in [2.24, 2.45) is 5.41 Å². The van der Waals surface area contributed by atoms with Crippen LogP contribution < -0.4 is 0 Å². The van der Waals surface area contributed by atoms with Crippen molar-refractivity contribution in [3.05, 3.63) is 41.5 Å². The quantitative estimate of drug-likeness (QED) is 0.841. The Labute approximate surface area is 95.6 Å². The third-order valence-corrected chi connectivity index (χ3v) is 3.21. The molecule has 0 bridgehead atoms. The first-order chi connectivity index (χ1) is 7.50. The van der Waals surface area contributed by atoms with E-state index in [9.17, 15) is 4.79 Å². The van der Waals surface area contributed by atoms with Gasteiger partial charge >= 0.3 is 5.97 Å². The van der Waals surface area contributed by atoms with E-state index in [2.05, 4.69) is 24.3 Å². The molecule has 1 atom stereocenters. The van der Waals surface area contributed by atoms with Crippen LogP contribution in [0, 0.1) is 5.41 Å². The molecule has 2 heteroatoms. The lowest BCUT2D eigenvalue weighted by atomic mass is 9.81. The van der Waals surface area contributed by atoms with Gasteiger partial charge in [-0.2, -0.15) is 0 Å². The summed E-state index contributed by atoms with van der Waals surface area (Å²) >= 11 is 0. The standard InChI is InChI=1S/C14H16O2/c1-14(2,13(15)16)9-11-8-7-10-5-3-4-6-12(10)11/h3-8,11H,9H2,1-2H3,(H,15,16). The highest BCUT2D eigenvalue weighted by Crippen LogP contribution is 2.38. The second-order valence-electron chi connectivity index (χ2n) is 4.99. The number of carbonyl (C=O) groups is 1. The van der Waals surface area contributed by atoms with Gasteiger partial charge in [0.15, 0.2) is 0 Å². The van der Waals surface area contributed by atoms with Crippen molar-refractivity contribution in [3.63, 3.8) is 0 Å². The van der Waals surface area contributed by atoms with Crippen LogP contribution in [0.3, 0.4) is 0 Å². The van der Waals surface area contributed by atoms with E-state index in [-0.39, 0.29) is 5.92 Å². The van der Waals surface area contributed by atoms with Crippen LogP contribution in [-0.2, 0) is 4.79 Å². The molecule has 1 aromatic rings. The Balaban J connectivity index is 2.21. The molecule has 1 aliphatic rings. The van der Waals surface area contributed by atoms with Gasteiger partial charge in [-0.25, -0.2) is 0 Å². The molecule has 2 nitrogen and oxygen atoms in total. The maximum absolute atomic E-state index is 11.1. The number of carboxylic acid groups (broad SMARTS) is 1. The summed E-state index contributed by atoms with van der Waals surface area (Å²) in [5.74, 6) is -0.493. The molecule has 0 fully saturated rings. The van der Waals surface area contributed by atoms with Crippen molar-refractivity contribution < 1.29 is 9.90 Å². The van der Waals surface area contributed by atoms with Crippen LogP contribution >= 0.6 is 0 Å². The molecule has 1 aliphatic carbocycles. The number of carboxylic acids is 1. The van der Waals surface area contributed by atoms with Crippen molar-refractivity contribution in [2.75, 3.05) is 0 Å². The third-order valence-electron chi connectivity index (χ3n) is 3.21. The fraction of sp³-hybridized carbons (Fsp3) is 0.357. The number of hydrogen-bond donors (Lipinski definition) is 1. The Morgan fingerprint density at radius 1 is 1.38 bits per heavy atom. The average Bonchev–Trinajstić information content (AvgIpc) is 2.61. The molecule has 0 spiro atoms. The van der Waals surface area contributed by atoms with Crippen LogP contribution in [0.25, 0.3) is 6.08 Å². The lowest BCUT2D eigenvalue weighted by molar-refractivity contribution is -0.147. The predicted molar refractivity (Wildman–Crippen MR) is 64.3 cm³/mol. The van der Waals surface area contributed by atoms with Gasteiger partial charge < -0.3 is 5.11 Å². The molecule has 1 aromatic carbocycles. The molecule has 0 aromatic heterocycles. The highest BCUT2D eigenvalue weighted by molar-refractivity contribution is 5.74. The van der Waals surface area contributed by atoms with Gasteiger partial charge in [-0.15, -0.1) is 0 Å². The zero-order chi connectivity index (χ0) is 11.8. The van der Waals surface area contributed by atoms with E-state index < -0.39 is 11.4 Å². The summed E-state index contributed by atoms with van der Waals surface area (Å²) in [5.41, 5.74) is 1.79. The molecular weight excluding hydrogens is 200 g/mol. The summed E-state index contributed by atoms with van der Waals surface area (Å²) in [6.07, 6.45) is 4.84. The molecule has 84 valence electrons. The Kier molecular flexibility index (Phi) is 2.58. The van der Waals surface area contributed by atoms with Crippen LogP contribution in [0.5, 0.6) is 0 Å². The molecule has 0 saturated carbocycles. The smallest absolute Gasteiger partial charge is 0.309 e. The first-order valence-electron chi connectivity index (χ1n) is 5.51. The normalized spacial score (nSPS) is 18.5. The molecule has 0 amide bonds. The highest BCUT2D eigenvalue weighted by atomic mass is 16.4. The molecule has 0 radical (unpaired) electrons. The number of benzene rings is 1. The second-order valence-corrected chi connectivity index (χ2v) is 4.99. The molecule has 0 heterocycles. The number of fused-ring (bicyclic) bond motifs is 1. The van der Waals surface area contributed by atoms with E-state index in [4.69, 9.17) is 5.11 Å². The van der Waals surface area contributed by atoms with E-state index in [0.29, 0.717) is 6.42 Å². The highest BCUT2D eigenvalue weighted by Gasteiger charge is 2.32. The number of aliphatic carboxylic acids is 1. The van der Waals surface area contributed by atoms with Crippen molar-refractivity contribution in [3.8, 4) is 0 Å². The molecule has 1 unspecified atom stereocenters. The summed E-state index contributed by atoms with van der Waals surface area (Å²) < 4.78 is 0. The Morgan fingerprint density at radius 3 is 2.75 bits per heavy atom. The Hall–Kier alpha value is -1.57. The lowest BCUT2D eigenvalue weighted by Crippen LogP contribution is -2.25. The van der Waals surface area contributed by atoms with Gasteiger partial charge in [0.05, 0.1) is 5.41 Å². The van der Waals surface area contributed by atoms with E-state index >= 15 is 0 Å². The first kappa shape index (κ1) is 10.9. The van der Waals surface area contributed by atoms with E-state index in [1.54, 1.807) is 13.8 Å². The summed E-state index contributed by atoms with van der Waals surface area (Å²) in [6.45, 7) is 3.56. The fourth-order valence-electron chi connectivity index (χ4n) is 2.14. The van der Waals surface area contributed by atoms with Gasteiger partial charge in [0, 0.05) is 5.92 Å². The van der Waals surface area contributed by atoms with Crippen LogP contribution in [-0.4, -0.2) is 11.1 Å². The van der Waals surface area contributed by atoms with E-state index in [1.807, 2.05) is 12.1 Å². The zero-order valence-corrected chi connectivity index (χ0v) is 9.60. The van der Waals surface area contributed by atoms with Gasteiger partial charge in [0.25, 0.3) is 0 Å². The SMILES string of the molecule is CC(C)(CC1C=Cc2ccccc21)C(=O)O. The first-order valence-corrected chi connectivity index (χ1v) is 5.51. The fourth-order valence-corrected chi connectivity index (χ4v) is 2.14. The van der Waals surface area contributed by atoms with Gasteiger partial charge in [0.2, 0.25) is 0 Å². The maximum Gasteiger partial charge on any atom is 0.309 e. The molecule has 2 rings (SSSR count). The van der Waals surface area contributed by atoms with Crippen molar-refractivity contribution in [2.45, 2.75) is 26.2 Å². The largest absolute Gasteiger partial charge is 0.481 e. The summed E-state index contributed by atoms with van der Waals surface area (Å²) in [4.78, 5) is 11.1. The van der Waals surface area contributed by atoms with Gasteiger partial charge in [-0.1, -0.05) is 36.4 Å². The Morgan fingerprint density at radius 2 is 2.06 bits per heavy atom. The van der Waals surface area contributed by atoms with Crippen molar-refractivity contribution in [1.29, 1.82) is 0 Å². The van der Waals surface area contributed by atoms with Crippen molar-refractivity contribution in [1.82, 2.24) is 0 Å². The Bertz CT molecular complexity index is 444. The molecule has 0 saturated heterocycles. The van der Waals surface area contributed by atoms with Crippen molar-refractivity contribution >= 4 is 12.0 Å². The summed E-state index contributed by atoms with van der Waals surface area (Å²) in [5, 5.41) is 9.13. The number of hydrogen-bond acceptors (Lipinski definition) is 1. The van der Waals surface area contributed by atoms with Gasteiger partial charge in [0.1, 0.15) is 0 Å². The number of rotatable bonds is 3. The second kappa shape index (κ2) is 3.78. The topological polar surface area (TPSA) is 37.3 Å². The van der Waals surface area contributed by atoms with Crippen LogP contribution in [0.1, 0.15) is 37.3 Å². The maximum atomic E-state index is 11.1. The number of allylic oxidation sites excluding steroid dienone is 1. The van der Waals surface area contributed by atoms with E-state index in [0.717, 1.165) is 0 Å². The zero-order valence-electron chi connectivity index (χ0n) is 9.60. The minimum atomic E-state index is -0.731. The van der Waals surface area contributed by atoms with Crippen LogP contribution in [0.15, 0.2) is 30.3 Å². The molecule has 1 N–H and O–H groups in total. The minimum Gasteiger partial charge on any atom is -0.481 e.